The Kier molecular flexibility index (Phi) is 7.01. The Morgan fingerprint density at radius 3 is 1.36 bits per heavy atom. The summed E-state index contributed by atoms with van der Waals surface area (Å²) in [5, 5.41) is 2.24. The average molecular weight is 643 g/mol. The van der Waals surface area contributed by atoms with Crippen LogP contribution in [0.5, 0.6) is 0 Å². The van der Waals surface area contributed by atoms with Gasteiger partial charge in [-0.05, 0) is 82.4 Å². The monoisotopic (exact) mass is 641 g/mol. The highest BCUT2D eigenvalue weighted by Crippen LogP contribution is 2.43. The van der Waals surface area contributed by atoms with Crippen LogP contribution < -0.4 is 4.90 Å². The first-order valence-electron chi connectivity index (χ1n) is 15.0. The molecule has 0 amide bonds. The van der Waals surface area contributed by atoms with E-state index < -0.39 is 0 Å². The van der Waals surface area contributed by atoms with Crippen molar-refractivity contribution in [3.63, 3.8) is 0 Å². The molecule has 0 unspecified atom stereocenters. The minimum atomic E-state index is 0.886. The van der Waals surface area contributed by atoms with Gasteiger partial charge in [-0.3, -0.25) is 0 Å². The highest BCUT2D eigenvalue weighted by atomic mass is 79.9. The molecule has 0 atom stereocenters. The van der Waals surface area contributed by atoms with E-state index in [2.05, 4.69) is 172 Å². The van der Waals surface area contributed by atoms with Gasteiger partial charge in [0.15, 0.2) is 0 Å². The number of fused-ring (bicyclic) bond motifs is 3. The Morgan fingerprint density at radius 1 is 0.378 bits per heavy atom. The first-order chi connectivity index (χ1) is 22.2. The smallest absolute Gasteiger partial charge is 0.136 e. The number of halogens is 1. The summed E-state index contributed by atoms with van der Waals surface area (Å²) in [7, 11) is 0. The van der Waals surface area contributed by atoms with Crippen LogP contribution in [-0.2, 0) is 0 Å². The minimum absolute atomic E-state index is 0.886. The molecule has 0 radical (unpaired) electrons. The number of furan rings is 1. The maximum absolute atomic E-state index is 6.20. The van der Waals surface area contributed by atoms with Gasteiger partial charge in [0, 0.05) is 37.9 Å². The fourth-order valence-corrected chi connectivity index (χ4v) is 6.72. The van der Waals surface area contributed by atoms with E-state index in [0.717, 1.165) is 54.6 Å². The van der Waals surface area contributed by atoms with E-state index in [9.17, 15) is 0 Å². The number of para-hydroxylation sites is 1. The zero-order valence-corrected chi connectivity index (χ0v) is 26.0. The van der Waals surface area contributed by atoms with Gasteiger partial charge >= 0.3 is 0 Å². The first kappa shape index (κ1) is 27.2. The summed E-state index contributed by atoms with van der Waals surface area (Å²) in [6.45, 7) is 0. The Balaban J connectivity index is 1.22. The van der Waals surface area contributed by atoms with Crippen LogP contribution in [-0.4, -0.2) is 0 Å². The molecule has 214 valence electrons. The Bertz CT molecular complexity index is 2150. The molecule has 0 bridgehead atoms. The molecule has 0 N–H and O–H groups in total. The van der Waals surface area contributed by atoms with Crippen molar-refractivity contribution >= 4 is 54.9 Å². The zero-order valence-electron chi connectivity index (χ0n) is 24.4. The van der Waals surface area contributed by atoms with Gasteiger partial charge in [-0.15, -0.1) is 0 Å². The van der Waals surface area contributed by atoms with E-state index in [-0.39, 0.29) is 0 Å². The summed E-state index contributed by atoms with van der Waals surface area (Å²) in [5.41, 5.74) is 12.1. The molecule has 1 aromatic heterocycles. The van der Waals surface area contributed by atoms with E-state index in [1.807, 2.05) is 18.2 Å². The molecule has 7 aromatic carbocycles. The highest BCUT2D eigenvalue weighted by Gasteiger charge is 2.17. The topological polar surface area (TPSA) is 16.4 Å². The number of hydrogen-bond donors (Lipinski definition) is 0. The van der Waals surface area contributed by atoms with E-state index in [4.69, 9.17) is 4.42 Å². The van der Waals surface area contributed by atoms with Crippen molar-refractivity contribution in [2.45, 2.75) is 0 Å². The third-order valence-corrected chi connectivity index (χ3v) is 9.03. The van der Waals surface area contributed by atoms with Gasteiger partial charge in [0.25, 0.3) is 0 Å². The number of rotatable bonds is 6. The van der Waals surface area contributed by atoms with Gasteiger partial charge in [0.05, 0.1) is 0 Å². The normalized spacial score (nSPS) is 11.2. The SMILES string of the molecule is Brc1ccc2oc3ccccc3c2c1-c1ccc(N(c2ccc(-c3ccccc3)cc2)c2ccc(-c3ccccc3)cc2)cc1. The van der Waals surface area contributed by atoms with E-state index in [1.54, 1.807) is 0 Å². The molecule has 0 spiro atoms. The number of anilines is 3. The molecule has 2 nitrogen and oxygen atoms in total. The average Bonchev–Trinajstić information content (AvgIpc) is 3.49. The lowest BCUT2D eigenvalue weighted by Crippen LogP contribution is -2.09. The van der Waals surface area contributed by atoms with Crippen LogP contribution in [0.1, 0.15) is 0 Å². The summed E-state index contributed by atoms with van der Waals surface area (Å²) >= 11 is 3.85. The lowest BCUT2D eigenvalue weighted by Gasteiger charge is -2.26. The first-order valence-corrected chi connectivity index (χ1v) is 15.8. The van der Waals surface area contributed by atoms with Gasteiger partial charge in [-0.1, -0.05) is 131 Å². The van der Waals surface area contributed by atoms with Crippen LogP contribution >= 0.6 is 15.9 Å². The second kappa shape index (κ2) is 11.6. The van der Waals surface area contributed by atoms with Crippen LogP contribution in [0.4, 0.5) is 17.1 Å². The van der Waals surface area contributed by atoms with Crippen LogP contribution in [0.2, 0.25) is 0 Å². The maximum atomic E-state index is 6.20. The molecule has 0 aliphatic heterocycles. The fraction of sp³-hybridized carbons (Fsp3) is 0. The van der Waals surface area contributed by atoms with Crippen molar-refractivity contribution in [2.24, 2.45) is 0 Å². The second-order valence-electron chi connectivity index (χ2n) is 11.1. The van der Waals surface area contributed by atoms with Crippen LogP contribution in [0.15, 0.2) is 179 Å². The van der Waals surface area contributed by atoms with Crippen molar-refractivity contribution in [3.8, 4) is 33.4 Å². The molecule has 0 saturated carbocycles. The molecule has 45 heavy (non-hydrogen) atoms. The zero-order chi connectivity index (χ0) is 30.2. The lowest BCUT2D eigenvalue weighted by atomic mass is 9.99. The minimum Gasteiger partial charge on any atom is -0.456 e. The van der Waals surface area contributed by atoms with Crippen LogP contribution in [0.3, 0.4) is 0 Å². The Labute approximate surface area is 271 Å². The molecule has 0 fully saturated rings. The summed E-state index contributed by atoms with van der Waals surface area (Å²) in [4.78, 5) is 2.32. The predicted molar refractivity (Wildman–Crippen MR) is 192 cm³/mol. The number of nitrogens with zero attached hydrogens (tertiary/aromatic N) is 1. The van der Waals surface area contributed by atoms with Gasteiger partial charge in [0.1, 0.15) is 11.2 Å². The maximum Gasteiger partial charge on any atom is 0.136 e. The molecule has 0 saturated heterocycles. The van der Waals surface area contributed by atoms with Crippen molar-refractivity contribution in [1.29, 1.82) is 0 Å². The van der Waals surface area contributed by atoms with E-state index in [1.165, 1.54) is 22.3 Å². The summed E-state index contributed by atoms with van der Waals surface area (Å²) in [6, 6.07) is 59.8. The molecular formula is C42H28BrNO. The quantitative estimate of drug-likeness (QED) is 0.179. The van der Waals surface area contributed by atoms with Crippen LogP contribution in [0, 0.1) is 0 Å². The number of benzene rings is 7. The van der Waals surface area contributed by atoms with Crippen molar-refractivity contribution in [2.75, 3.05) is 4.90 Å². The second-order valence-corrected chi connectivity index (χ2v) is 12.0. The molecule has 8 aromatic rings. The molecule has 0 aliphatic rings. The van der Waals surface area contributed by atoms with Crippen molar-refractivity contribution in [3.05, 3.63) is 174 Å². The third kappa shape index (κ3) is 5.12. The van der Waals surface area contributed by atoms with Gasteiger partial charge in [-0.25, -0.2) is 0 Å². The fourth-order valence-electron chi connectivity index (χ4n) is 6.16. The molecule has 8 rings (SSSR count). The molecule has 0 aliphatic carbocycles. The van der Waals surface area contributed by atoms with Gasteiger partial charge in [0.2, 0.25) is 0 Å². The van der Waals surface area contributed by atoms with E-state index >= 15 is 0 Å². The van der Waals surface area contributed by atoms with Gasteiger partial charge < -0.3 is 9.32 Å². The summed E-state index contributed by atoms with van der Waals surface area (Å²) < 4.78 is 7.24. The Hall–Kier alpha value is -5.38. The largest absolute Gasteiger partial charge is 0.456 e. The molecule has 3 heteroatoms. The van der Waals surface area contributed by atoms with Crippen LogP contribution in [0.25, 0.3) is 55.3 Å². The predicted octanol–water partition coefficient (Wildman–Crippen LogP) is 12.8. The summed E-state index contributed by atoms with van der Waals surface area (Å²) in [6.07, 6.45) is 0. The third-order valence-electron chi connectivity index (χ3n) is 8.37. The lowest BCUT2D eigenvalue weighted by molar-refractivity contribution is 0.669. The highest BCUT2D eigenvalue weighted by molar-refractivity contribution is 9.10. The van der Waals surface area contributed by atoms with Crippen molar-refractivity contribution in [1.82, 2.24) is 0 Å². The molecular weight excluding hydrogens is 614 g/mol. The molecule has 1 heterocycles. The Morgan fingerprint density at radius 2 is 0.822 bits per heavy atom. The standard InChI is InChI=1S/C42H28BrNO/c43-38-27-28-40-42(37-13-7-8-14-39(37)45-40)41(38)33-19-25-36(26-20-33)44(34-21-15-31(16-22-34)29-9-3-1-4-10-29)35-23-17-32(18-24-35)30-11-5-2-6-12-30/h1-28H. The summed E-state index contributed by atoms with van der Waals surface area (Å²) in [5.74, 6) is 0. The number of hydrogen-bond acceptors (Lipinski definition) is 2. The van der Waals surface area contributed by atoms with Crippen molar-refractivity contribution < 1.29 is 4.42 Å². The van der Waals surface area contributed by atoms with Gasteiger partial charge in [-0.2, -0.15) is 0 Å². The van der Waals surface area contributed by atoms with E-state index in [0.29, 0.717) is 0 Å².